The molecular weight excluding hydrogens is 188 g/mol. The van der Waals surface area contributed by atoms with Crippen LogP contribution in [0.1, 0.15) is 30.9 Å². The first kappa shape index (κ1) is 12.1. The maximum absolute atomic E-state index is 9.51. The Bertz CT molecular complexity index is 307. The fourth-order valence-electron chi connectivity index (χ4n) is 1.41. The number of rotatable bonds is 5. The molecule has 1 N–H and O–H groups in total. The molecule has 0 aliphatic carbocycles. The van der Waals surface area contributed by atoms with Crippen LogP contribution in [0.2, 0.25) is 0 Å². The van der Waals surface area contributed by atoms with Crippen LogP contribution in [0.4, 0.5) is 0 Å². The lowest BCUT2D eigenvalue weighted by atomic mass is 10.1. The monoisotopic (exact) mass is 208 g/mol. The van der Waals surface area contributed by atoms with Gasteiger partial charge in [-0.05, 0) is 43.5 Å². The van der Waals surface area contributed by atoms with Gasteiger partial charge >= 0.3 is 0 Å². The van der Waals surface area contributed by atoms with Crippen molar-refractivity contribution in [1.82, 2.24) is 0 Å². The number of ether oxygens (including phenoxy) is 1. The van der Waals surface area contributed by atoms with Crippen molar-refractivity contribution in [1.29, 1.82) is 0 Å². The van der Waals surface area contributed by atoms with E-state index in [1.807, 2.05) is 18.2 Å². The van der Waals surface area contributed by atoms with Crippen LogP contribution < -0.4 is 4.74 Å². The van der Waals surface area contributed by atoms with E-state index in [4.69, 9.17) is 4.74 Å². The highest BCUT2D eigenvalue weighted by Gasteiger charge is 2.04. The van der Waals surface area contributed by atoms with Crippen LogP contribution in [0.15, 0.2) is 18.2 Å². The SMILES string of the molecule is CCCC(O)COc1ccc(C)c(C)c1. The van der Waals surface area contributed by atoms with Crippen molar-refractivity contribution in [2.24, 2.45) is 0 Å². The predicted octanol–water partition coefficient (Wildman–Crippen LogP) is 2.84. The third-order valence-corrected chi connectivity index (χ3v) is 2.54. The molecular formula is C13H20O2. The van der Waals surface area contributed by atoms with Crippen LogP contribution in [0.3, 0.4) is 0 Å². The van der Waals surface area contributed by atoms with Gasteiger partial charge in [-0.15, -0.1) is 0 Å². The van der Waals surface area contributed by atoms with Gasteiger partial charge in [-0.25, -0.2) is 0 Å². The topological polar surface area (TPSA) is 29.5 Å². The summed E-state index contributed by atoms with van der Waals surface area (Å²) >= 11 is 0. The van der Waals surface area contributed by atoms with Crippen molar-refractivity contribution in [3.8, 4) is 5.75 Å². The Kier molecular flexibility index (Phi) is 4.63. The normalized spacial score (nSPS) is 12.5. The lowest BCUT2D eigenvalue weighted by molar-refractivity contribution is 0.0993. The van der Waals surface area contributed by atoms with Crippen molar-refractivity contribution in [2.75, 3.05) is 6.61 Å². The lowest BCUT2D eigenvalue weighted by Crippen LogP contribution is -2.16. The molecule has 84 valence electrons. The Morgan fingerprint density at radius 1 is 1.27 bits per heavy atom. The second kappa shape index (κ2) is 5.76. The van der Waals surface area contributed by atoms with Gasteiger partial charge in [0.2, 0.25) is 0 Å². The zero-order valence-corrected chi connectivity index (χ0v) is 9.79. The van der Waals surface area contributed by atoms with Crippen molar-refractivity contribution in [3.63, 3.8) is 0 Å². The molecule has 0 spiro atoms. The molecule has 0 amide bonds. The van der Waals surface area contributed by atoms with Crippen LogP contribution in [-0.2, 0) is 0 Å². The number of benzene rings is 1. The van der Waals surface area contributed by atoms with Crippen molar-refractivity contribution >= 4 is 0 Å². The van der Waals surface area contributed by atoms with E-state index >= 15 is 0 Å². The highest BCUT2D eigenvalue weighted by Crippen LogP contribution is 2.16. The van der Waals surface area contributed by atoms with E-state index in [1.54, 1.807) is 0 Å². The summed E-state index contributed by atoms with van der Waals surface area (Å²) in [6, 6.07) is 5.99. The second-order valence-electron chi connectivity index (χ2n) is 4.00. The van der Waals surface area contributed by atoms with E-state index in [9.17, 15) is 5.11 Å². The summed E-state index contributed by atoms with van der Waals surface area (Å²) in [5.74, 6) is 0.841. The van der Waals surface area contributed by atoms with Crippen LogP contribution in [0.25, 0.3) is 0 Å². The molecule has 2 nitrogen and oxygen atoms in total. The smallest absolute Gasteiger partial charge is 0.119 e. The van der Waals surface area contributed by atoms with Crippen molar-refractivity contribution < 1.29 is 9.84 Å². The zero-order valence-electron chi connectivity index (χ0n) is 9.79. The Morgan fingerprint density at radius 3 is 2.60 bits per heavy atom. The summed E-state index contributed by atoms with van der Waals surface area (Å²) in [4.78, 5) is 0. The van der Waals surface area contributed by atoms with Gasteiger partial charge in [0.25, 0.3) is 0 Å². The summed E-state index contributed by atoms with van der Waals surface area (Å²) < 4.78 is 5.51. The predicted molar refractivity (Wildman–Crippen MR) is 62.3 cm³/mol. The number of hydrogen-bond donors (Lipinski definition) is 1. The Labute approximate surface area is 91.9 Å². The molecule has 0 bridgehead atoms. The third-order valence-electron chi connectivity index (χ3n) is 2.54. The maximum Gasteiger partial charge on any atom is 0.119 e. The summed E-state index contributed by atoms with van der Waals surface area (Å²) in [7, 11) is 0. The van der Waals surface area contributed by atoms with E-state index in [0.717, 1.165) is 18.6 Å². The van der Waals surface area contributed by atoms with Gasteiger partial charge in [0.05, 0.1) is 6.10 Å². The summed E-state index contributed by atoms with van der Waals surface area (Å²) in [6.45, 7) is 6.57. The molecule has 0 heterocycles. The molecule has 0 aromatic heterocycles. The van der Waals surface area contributed by atoms with E-state index in [2.05, 4.69) is 20.8 Å². The Hall–Kier alpha value is -1.02. The molecule has 0 aliphatic heterocycles. The quantitative estimate of drug-likeness (QED) is 0.806. The Balaban J connectivity index is 2.47. The molecule has 0 fully saturated rings. The lowest BCUT2D eigenvalue weighted by Gasteiger charge is -2.12. The van der Waals surface area contributed by atoms with Gasteiger partial charge in [0.1, 0.15) is 12.4 Å². The van der Waals surface area contributed by atoms with E-state index in [-0.39, 0.29) is 6.10 Å². The van der Waals surface area contributed by atoms with Gasteiger partial charge in [0.15, 0.2) is 0 Å². The highest BCUT2D eigenvalue weighted by molar-refractivity contribution is 5.33. The molecule has 1 unspecified atom stereocenters. The molecule has 15 heavy (non-hydrogen) atoms. The van der Waals surface area contributed by atoms with Gasteiger partial charge in [-0.1, -0.05) is 19.4 Å². The average Bonchev–Trinajstić information content (AvgIpc) is 2.20. The van der Waals surface area contributed by atoms with Crippen LogP contribution in [-0.4, -0.2) is 17.8 Å². The molecule has 1 atom stereocenters. The molecule has 1 aromatic carbocycles. The van der Waals surface area contributed by atoms with Crippen molar-refractivity contribution in [3.05, 3.63) is 29.3 Å². The second-order valence-corrected chi connectivity index (χ2v) is 4.00. The van der Waals surface area contributed by atoms with Crippen LogP contribution in [0, 0.1) is 13.8 Å². The molecule has 0 radical (unpaired) electrons. The maximum atomic E-state index is 9.51. The summed E-state index contributed by atoms with van der Waals surface area (Å²) in [6.07, 6.45) is 1.43. The minimum Gasteiger partial charge on any atom is -0.491 e. The highest BCUT2D eigenvalue weighted by atomic mass is 16.5. The number of hydrogen-bond acceptors (Lipinski definition) is 2. The first-order valence-electron chi connectivity index (χ1n) is 5.51. The molecule has 1 aromatic rings. The van der Waals surface area contributed by atoms with E-state index < -0.39 is 0 Å². The van der Waals surface area contributed by atoms with Gasteiger partial charge in [-0.3, -0.25) is 0 Å². The first-order valence-corrected chi connectivity index (χ1v) is 5.51. The van der Waals surface area contributed by atoms with Gasteiger partial charge in [0, 0.05) is 0 Å². The molecule has 0 saturated carbocycles. The van der Waals surface area contributed by atoms with Gasteiger partial charge < -0.3 is 9.84 Å². The number of aliphatic hydroxyl groups is 1. The summed E-state index contributed by atoms with van der Waals surface area (Å²) in [5, 5.41) is 9.51. The summed E-state index contributed by atoms with van der Waals surface area (Å²) in [5.41, 5.74) is 2.48. The van der Waals surface area contributed by atoms with E-state index in [0.29, 0.717) is 6.61 Å². The minimum atomic E-state index is -0.350. The van der Waals surface area contributed by atoms with Crippen molar-refractivity contribution in [2.45, 2.75) is 39.7 Å². The standard InChI is InChI=1S/C13H20O2/c1-4-5-12(14)9-15-13-7-6-10(2)11(3)8-13/h6-8,12,14H,4-5,9H2,1-3H3. The molecule has 2 heteroatoms. The number of aryl methyl sites for hydroxylation is 2. The van der Waals surface area contributed by atoms with Crippen LogP contribution >= 0.6 is 0 Å². The van der Waals surface area contributed by atoms with Crippen LogP contribution in [0.5, 0.6) is 5.75 Å². The largest absolute Gasteiger partial charge is 0.491 e. The molecule has 1 rings (SSSR count). The third kappa shape index (κ3) is 3.92. The Morgan fingerprint density at radius 2 is 2.00 bits per heavy atom. The fraction of sp³-hybridized carbons (Fsp3) is 0.538. The first-order chi connectivity index (χ1) is 7.13. The van der Waals surface area contributed by atoms with Gasteiger partial charge in [-0.2, -0.15) is 0 Å². The van der Waals surface area contributed by atoms with E-state index in [1.165, 1.54) is 11.1 Å². The zero-order chi connectivity index (χ0) is 11.3. The number of aliphatic hydroxyl groups excluding tert-OH is 1. The molecule has 0 saturated heterocycles. The molecule has 0 aliphatic rings. The fourth-order valence-corrected chi connectivity index (χ4v) is 1.41. The minimum absolute atomic E-state index is 0.350. The average molecular weight is 208 g/mol.